The van der Waals surface area contributed by atoms with E-state index in [2.05, 4.69) is 4.90 Å². The van der Waals surface area contributed by atoms with E-state index < -0.39 is 15.8 Å². The molecule has 0 unspecified atom stereocenters. The molecule has 1 aliphatic rings. The highest BCUT2D eigenvalue weighted by Crippen LogP contribution is 2.23. The summed E-state index contributed by atoms with van der Waals surface area (Å²) < 4.78 is 40.2. The summed E-state index contributed by atoms with van der Waals surface area (Å²) in [6, 6.07) is 12.9. The summed E-state index contributed by atoms with van der Waals surface area (Å²) >= 11 is 5.87. The Hall–Kier alpha value is -1.63. The maximum Gasteiger partial charge on any atom is 0.246 e. The van der Waals surface area contributed by atoms with E-state index >= 15 is 0 Å². The van der Waals surface area contributed by atoms with Gasteiger partial charge in [0.2, 0.25) is 10.0 Å². The predicted molar refractivity (Wildman–Crippen MR) is 88.8 cm³/mol. The zero-order chi connectivity index (χ0) is 16.4. The molecule has 23 heavy (non-hydrogen) atoms. The molecule has 0 bridgehead atoms. The first-order valence-corrected chi connectivity index (χ1v) is 9.05. The lowest BCUT2D eigenvalue weighted by Gasteiger charge is -2.35. The fraction of sp³-hybridized carbons (Fsp3) is 0.250. The number of nitrogens with zero attached hydrogens (tertiary/aromatic N) is 2. The fourth-order valence-corrected chi connectivity index (χ4v) is 4.24. The normalized spacial score (nSPS) is 16.5. The van der Waals surface area contributed by atoms with Crippen molar-refractivity contribution in [2.45, 2.75) is 4.90 Å². The number of benzene rings is 2. The van der Waals surface area contributed by atoms with Crippen molar-refractivity contribution >= 4 is 27.3 Å². The van der Waals surface area contributed by atoms with Crippen LogP contribution in [0.1, 0.15) is 0 Å². The maximum absolute atomic E-state index is 13.8. The number of anilines is 1. The van der Waals surface area contributed by atoms with Gasteiger partial charge in [-0.05, 0) is 36.4 Å². The molecule has 122 valence electrons. The molecule has 3 rings (SSSR count). The van der Waals surface area contributed by atoms with Crippen molar-refractivity contribution in [3.8, 4) is 0 Å². The van der Waals surface area contributed by atoms with Crippen molar-refractivity contribution in [3.05, 3.63) is 59.4 Å². The van der Waals surface area contributed by atoms with Crippen molar-refractivity contribution in [1.82, 2.24) is 4.31 Å². The Bertz CT molecular complexity index is 788. The molecule has 7 heteroatoms. The summed E-state index contributed by atoms with van der Waals surface area (Å²) in [6.07, 6.45) is 0. The van der Waals surface area contributed by atoms with Crippen LogP contribution in [0, 0.1) is 5.82 Å². The van der Waals surface area contributed by atoms with Crippen LogP contribution in [0.15, 0.2) is 53.4 Å². The molecule has 0 amide bonds. The van der Waals surface area contributed by atoms with Gasteiger partial charge in [0.1, 0.15) is 10.7 Å². The Balaban J connectivity index is 1.74. The van der Waals surface area contributed by atoms with Crippen LogP contribution in [-0.4, -0.2) is 38.9 Å². The number of hydrogen-bond donors (Lipinski definition) is 0. The van der Waals surface area contributed by atoms with Crippen molar-refractivity contribution in [2.24, 2.45) is 0 Å². The van der Waals surface area contributed by atoms with Gasteiger partial charge in [-0.1, -0.05) is 23.7 Å². The molecule has 0 atom stereocenters. The second-order valence-electron chi connectivity index (χ2n) is 5.30. The van der Waals surface area contributed by atoms with Gasteiger partial charge in [-0.25, -0.2) is 12.8 Å². The summed E-state index contributed by atoms with van der Waals surface area (Å²) in [4.78, 5) is 1.82. The minimum atomic E-state index is -3.79. The first-order valence-electron chi connectivity index (χ1n) is 7.24. The third-order valence-electron chi connectivity index (χ3n) is 3.88. The minimum absolute atomic E-state index is 0.264. The second kappa shape index (κ2) is 6.47. The molecule has 2 aromatic carbocycles. The standard InChI is InChI=1S/C16H16ClFN2O2S/c17-13-5-7-14(8-6-13)19-9-11-20(12-10-19)23(21,22)16-4-2-1-3-15(16)18/h1-8H,9-12H2. The summed E-state index contributed by atoms with van der Waals surface area (Å²) in [5.41, 5.74) is 0.998. The van der Waals surface area contributed by atoms with E-state index in [-0.39, 0.29) is 4.90 Å². The van der Waals surface area contributed by atoms with Crippen LogP contribution in [0.4, 0.5) is 10.1 Å². The Morgan fingerprint density at radius 2 is 1.52 bits per heavy atom. The molecule has 1 aliphatic heterocycles. The average molecular weight is 355 g/mol. The van der Waals surface area contributed by atoms with Gasteiger partial charge in [0.05, 0.1) is 0 Å². The van der Waals surface area contributed by atoms with Gasteiger partial charge in [0, 0.05) is 36.9 Å². The van der Waals surface area contributed by atoms with Crippen LogP contribution in [0.3, 0.4) is 0 Å². The molecule has 2 aromatic rings. The summed E-state index contributed by atoms with van der Waals surface area (Å²) in [7, 11) is -3.79. The third kappa shape index (κ3) is 3.34. The molecule has 0 aliphatic carbocycles. The van der Waals surface area contributed by atoms with E-state index in [1.807, 2.05) is 12.1 Å². The number of rotatable bonds is 3. The van der Waals surface area contributed by atoms with Gasteiger partial charge in [-0.2, -0.15) is 4.31 Å². The van der Waals surface area contributed by atoms with Crippen LogP contribution in [0.5, 0.6) is 0 Å². The lowest BCUT2D eigenvalue weighted by Crippen LogP contribution is -2.48. The molecule has 0 N–H and O–H groups in total. The number of halogens is 2. The average Bonchev–Trinajstić information content (AvgIpc) is 2.56. The zero-order valence-electron chi connectivity index (χ0n) is 12.3. The number of hydrogen-bond acceptors (Lipinski definition) is 3. The lowest BCUT2D eigenvalue weighted by atomic mass is 10.2. The highest BCUT2D eigenvalue weighted by atomic mass is 35.5. The minimum Gasteiger partial charge on any atom is -0.369 e. The predicted octanol–water partition coefficient (Wildman–Crippen LogP) is 2.99. The fourth-order valence-electron chi connectivity index (χ4n) is 2.63. The van der Waals surface area contributed by atoms with E-state index in [0.717, 1.165) is 11.8 Å². The SMILES string of the molecule is O=S(=O)(c1ccccc1F)N1CCN(c2ccc(Cl)cc2)CC1. The van der Waals surface area contributed by atoms with Gasteiger partial charge >= 0.3 is 0 Å². The van der Waals surface area contributed by atoms with Gasteiger partial charge in [0.15, 0.2) is 0 Å². The molecule has 0 saturated carbocycles. The van der Waals surface area contributed by atoms with Crippen LogP contribution in [0.25, 0.3) is 0 Å². The smallest absolute Gasteiger partial charge is 0.246 e. The zero-order valence-corrected chi connectivity index (χ0v) is 13.9. The Morgan fingerprint density at radius 1 is 0.913 bits per heavy atom. The molecule has 1 heterocycles. The molecule has 1 saturated heterocycles. The van der Waals surface area contributed by atoms with Gasteiger partial charge < -0.3 is 4.90 Å². The van der Waals surface area contributed by atoms with Crippen LogP contribution in [0.2, 0.25) is 5.02 Å². The first-order chi connectivity index (χ1) is 11.0. The molecular formula is C16H16ClFN2O2S. The molecular weight excluding hydrogens is 339 g/mol. The first kappa shape index (κ1) is 16.2. The van der Waals surface area contributed by atoms with Gasteiger partial charge in [-0.15, -0.1) is 0 Å². The van der Waals surface area contributed by atoms with Crippen LogP contribution >= 0.6 is 11.6 Å². The maximum atomic E-state index is 13.8. The largest absolute Gasteiger partial charge is 0.369 e. The molecule has 1 fully saturated rings. The number of piperazine rings is 1. The van der Waals surface area contributed by atoms with Crippen molar-refractivity contribution in [3.63, 3.8) is 0 Å². The van der Waals surface area contributed by atoms with Gasteiger partial charge in [0.25, 0.3) is 0 Å². The van der Waals surface area contributed by atoms with Crippen LogP contribution in [-0.2, 0) is 10.0 Å². The Morgan fingerprint density at radius 3 is 2.13 bits per heavy atom. The summed E-state index contributed by atoms with van der Waals surface area (Å²) in [5.74, 6) is -0.715. The highest BCUT2D eigenvalue weighted by Gasteiger charge is 2.30. The quantitative estimate of drug-likeness (QED) is 0.850. The lowest BCUT2D eigenvalue weighted by molar-refractivity contribution is 0.382. The molecule has 4 nitrogen and oxygen atoms in total. The Labute approximate surface area is 140 Å². The molecule has 0 aromatic heterocycles. The van der Waals surface area contributed by atoms with E-state index in [1.165, 1.54) is 22.5 Å². The van der Waals surface area contributed by atoms with E-state index in [0.29, 0.717) is 31.2 Å². The van der Waals surface area contributed by atoms with Crippen LogP contribution < -0.4 is 4.90 Å². The number of sulfonamides is 1. The Kier molecular flexibility index (Phi) is 4.57. The van der Waals surface area contributed by atoms with E-state index in [1.54, 1.807) is 12.1 Å². The van der Waals surface area contributed by atoms with Crippen molar-refractivity contribution < 1.29 is 12.8 Å². The summed E-state index contributed by atoms with van der Waals surface area (Å²) in [5, 5.41) is 0.662. The monoisotopic (exact) mass is 354 g/mol. The highest BCUT2D eigenvalue weighted by molar-refractivity contribution is 7.89. The van der Waals surface area contributed by atoms with Crippen molar-refractivity contribution in [1.29, 1.82) is 0 Å². The topological polar surface area (TPSA) is 40.6 Å². The molecule has 0 radical (unpaired) electrons. The van der Waals surface area contributed by atoms with Crippen molar-refractivity contribution in [2.75, 3.05) is 31.1 Å². The second-order valence-corrected chi connectivity index (χ2v) is 7.64. The summed E-state index contributed by atoms with van der Waals surface area (Å²) in [6.45, 7) is 1.74. The third-order valence-corrected chi connectivity index (χ3v) is 6.07. The van der Waals surface area contributed by atoms with Gasteiger partial charge in [-0.3, -0.25) is 0 Å². The van der Waals surface area contributed by atoms with E-state index in [4.69, 9.17) is 11.6 Å². The van der Waals surface area contributed by atoms with E-state index in [9.17, 15) is 12.8 Å². The molecule has 0 spiro atoms.